The van der Waals surface area contributed by atoms with Gasteiger partial charge >= 0.3 is 0 Å². The molecule has 1 nitrogen and oxygen atoms in total. The van der Waals surface area contributed by atoms with Crippen molar-refractivity contribution in [1.82, 2.24) is 0 Å². The Labute approximate surface area is 118 Å². The van der Waals surface area contributed by atoms with Gasteiger partial charge in [0.25, 0.3) is 0 Å². The van der Waals surface area contributed by atoms with Crippen molar-refractivity contribution in [3.63, 3.8) is 0 Å². The molecule has 0 spiro atoms. The van der Waals surface area contributed by atoms with Crippen LogP contribution < -0.4 is 0 Å². The molecule has 1 aromatic rings. The molecule has 0 aliphatic heterocycles. The third-order valence-electron chi connectivity index (χ3n) is 3.65. The Kier molecular flexibility index (Phi) is 6.97. The zero-order valence-corrected chi connectivity index (χ0v) is 12.4. The van der Waals surface area contributed by atoms with Gasteiger partial charge in [0.15, 0.2) is 0 Å². The topological polar surface area (TPSA) is 23.8 Å². The van der Waals surface area contributed by atoms with Gasteiger partial charge < -0.3 is 0 Å². The van der Waals surface area contributed by atoms with Crippen molar-refractivity contribution in [1.29, 1.82) is 5.26 Å². The first kappa shape index (κ1) is 15.5. The minimum Gasteiger partial charge on any atom is -0.192 e. The molecule has 102 valence electrons. The first-order valence-electron chi connectivity index (χ1n) is 7.35. The first-order chi connectivity index (χ1) is 9.24. The lowest BCUT2D eigenvalue weighted by atomic mass is 9.84. The number of benzene rings is 1. The zero-order valence-electron chi connectivity index (χ0n) is 12.4. The van der Waals surface area contributed by atoms with E-state index < -0.39 is 0 Å². The summed E-state index contributed by atoms with van der Waals surface area (Å²) in [6, 6.07) is 8.43. The minimum absolute atomic E-state index is 0.533. The van der Waals surface area contributed by atoms with Crippen molar-refractivity contribution in [2.24, 2.45) is 0 Å². The van der Waals surface area contributed by atoms with Gasteiger partial charge in [-0.3, -0.25) is 0 Å². The fourth-order valence-electron chi connectivity index (χ4n) is 2.75. The SMILES string of the molecule is CC=CCCCC(CCC)c1c(C)cccc1C#N. The molecule has 0 aliphatic rings. The number of rotatable bonds is 7. The molecule has 0 saturated carbocycles. The quantitative estimate of drug-likeness (QED) is 0.466. The second-order valence-electron chi connectivity index (χ2n) is 5.13. The molecule has 0 N–H and O–H groups in total. The number of unbranched alkanes of at least 4 members (excludes halogenated alkanes) is 1. The molecule has 0 fully saturated rings. The van der Waals surface area contributed by atoms with Crippen LogP contribution >= 0.6 is 0 Å². The van der Waals surface area contributed by atoms with Gasteiger partial charge in [0.1, 0.15) is 0 Å². The summed E-state index contributed by atoms with van der Waals surface area (Å²) >= 11 is 0. The third kappa shape index (κ3) is 4.56. The predicted octanol–water partition coefficient (Wildman–Crippen LogP) is 5.50. The van der Waals surface area contributed by atoms with Crippen molar-refractivity contribution >= 4 is 0 Å². The van der Waals surface area contributed by atoms with Crippen molar-refractivity contribution < 1.29 is 0 Å². The normalized spacial score (nSPS) is 12.5. The molecule has 1 atom stereocenters. The van der Waals surface area contributed by atoms with Crippen molar-refractivity contribution in [3.05, 3.63) is 47.0 Å². The smallest absolute Gasteiger partial charge is 0.0994 e. The largest absolute Gasteiger partial charge is 0.192 e. The van der Waals surface area contributed by atoms with E-state index in [1.165, 1.54) is 36.8 Å². The van der Waals surface area contributed by atoms with Crippen molar-refractivity contribution in [2.75, 3.05) is 0 Å². The van der Waals surface area contributed by atoms with Crippen molar-refractivity contribution in [2.45, 2.75) is 58.8 Å². The molecule has 19 heavy (non-hydrogen) atoms. The number of hydrogen-bond donors (Lipinski definition) is 0. The molecule has 1 rings (SSSR count). The summed E-state index contributed by atoms with van der Waals surface area (Å²) in [4.78, 5) is 0. The summed E-state index contributed by atoms with van der Waals surface area (Å²) in [5, 5.41) is 9.31. The summed E-state index contributed by atoms with van der Waals surface area (Å²) < 4.78 is 0. The Hall–Kier alpha value is -1.55. The van der Waals surface area contributed by atoms with Gasteiger partial charge in [0, 0.05) is 0 Å². The molecule has 0 saturated heterocycles. The lowest BCUT2D eigenvalue weighted by Gasteiger charge is -2.20. The Morgan fingerprint density at radius 1 is 1.32 bits per heavy atom. The highest BCUT2D eigenvalue weighted by molar-refractivity contribution is 5.44. The minimum atomic E-state index is 0.533. The zero-order chi connectivity index (χ0) is 14.1. The van der Waals surface area contributed by atoms with Crippen LogP contribution in [0.2, 0.25) is 0 Å². The Morgan fingerprint density at radius 3 is 2.74 bits per heavy atom. The average Bonchev–Trinajstić information content (AvgIpc) is 2.42. The van der Waals surface area contributed by atoms with Crippen LogP contribution in [0.4, 0.5) is 0 Å². The van der Waals surface area contributed by atoms with Crippen LogP contribution in [0.15, 0.2) is 30.4 Å². The molecule has 0 radical (unpaired) electrons. The van der Waals surface area contributed by atoms with Crippen LogP contribution in [0.3, 0.4) is 0 Å². The van der Waals surface area contributed by atoms with Gasteiger partial charge in [-0.25, -0.2) is 0 Å². The van der Waals surface area contributed by atoms with Crippen LogP contribution in [0, 0.1) is 18.3 Å². The highest BCUT2D eigenvalue weighted by Gasteiger charge is 2.16. The van der Waals surface area contributed by atoms with Gasteiger partial charge in [0.05, 0.1) is 11.6 Å². The lowest BCUT2D eigenvalue weighted by Crippen LogP contribution is -2.04. The van der Waals surface area contributed by atoms with Gasteiger partial charge in [-0.05, 0) is 62.6 Å². The average molecular weight is 255 g/mol. The van der Waals surface area contributed by atoms with E-state index in [4.69, 9.17) is 0 Å². The Bertz CT molecular complexity index is 451. The van der Waals surface area contributed by atoms with E-state index in [-0.39, 0.29) is 0 Å². The van der Waals surface area contributed by atoms with Crippen molar-refractivity contribution in [3.8, 4) is 6.07 Å². The second-order valence-corrected chi connectivity index (χ2v) is 5.13. The number of nitriles is 1. The van der Waals surface area contributed by atoms with Crippen LogP contribution in [0.25, 0.3) is 0 Å². The monoisotopic (exact) mass is 255 g/mol. The van der Waals surface area contributed by atoms with Gasteiger partial charge in [-0.15, -0.1) is 0 Å². The molecule has 1 aromatic carbocycles. The van der Waals surface area contributed by atoms with Crippen LogP contribution in [-0.4, -0.2) is 0 Å². The van der Waals surface area contributed by atoms with E-state index in [1.807, 2.05) is 12.1 Å². The maximum atomic E-state index is 9.31. The lowest BCUT2D eigenvalue weighted by molar-refractivity contribution is 0.545. The first-order valence-corrected chi connectivity index (χ1v) is 7.35. The third-order valence-corrected chi connectivity index (χ3v) is 3.65. The number of allylic oxidation sites excluding steroid dienone is 2. The number of nitrogens with zero attached hydrogens (tertiary/aromatic N) is 1. The molecular weight excluding hydrogens is 230 g/mol. The summed E-state index contributed by atoms with van der Waals surface area (Å²) in [6.07, 6.45) is 10.2. The molecule has 1 heteroatoms. The molecular formula is C18H25N. The van der Waals surface area contributed by atoms with E-state index in [2.05, 4.69) is 45.1 Å². The fraction of sp³-hybridized carbons (Fsp3) is 0.500. The molecule has 1 unspecified atom stereocenters. The predicted molar refractivity (Wildman–Crippen MR) is 82.2 cm³/mol. The van der Waals surface area contributed by atoms with Gasteiger partial charge in [-0.1, -0.05) is 37.6 Å². The van der Waals surface area contributed by atoms with E-state index in [0.717, 1.165) is 12.0 Å². The van der Waals surface area contributed by atoms with Gasteiger partial charge in [-0.2, -0.15) is 5.26 Å². The van der Waals surface area contributed by atoms with Crippen LogP contribution in [0.1, 0.15) is 68.6 Å². The maximum Gasteiger partial charge on any atom is 0.0994 e. The highest BCUT2D eigenvalue weighted by Crippen LogP contribution is 2.31. The highest BCUT2D eigenvalue weighted by atomic mass is 14.3. The van der Waals surface area contributed by atoms with E-state index in [9.17, 15) is 5.26 Å². The fourth-order valence-corrected chi connectivity index (χ4v) is 2.75. The Balaban J connectivity index is 2.89. The Morgan fingerprint density at radius 2 is 2.11 bits per heavy atom. The van der Waals surface area contributed by atoms with E-state index in [1.54, 1.807) is 0 Å². The number of aryl methyl sites for hydroxylation is 1. The summed E-state index contributed by atoms with van der Waals surface area (Å²) in [6.45, 7) is 6.42. The summed E-state index contributed by atoms with van der Waals surface area (Å²) in [5.74, 6) is 0.533. The molecule has 0 amide bonds. The molecule has 0 aromatic heterocycles. The van der Waals surface area contributed by atoms with E-state index >= 15 is 0 Å². The van der Waals surface area contributed by atoms with E-state index in [0.29, 0.717) is 5.92 Å². The molecule has 0 bridgehead atoms. The second kappa shape index (κ2) is 8.53. The van der Waals surface area contributed by atoms with Gasteiger partial charge in [0.2, 0.25) is 0 Å². The van der Waals surface area contributed by atoms with Crippen LogP contribution in [0.5, 0.6) is 0 Å². The maximum absolute atomic E-state index is 9.31. The standard InChI is InChI=1S/C18H25N/c1-4-6-7-8-12-16(10-5-2)18-15(3)11-9-13-17(18)14-19/h4,6,9,11,13,16H,5,7-8,10,12H2,1-3H3. The molecule has 0 heterocycles. The number of hydrogen-bond acceptors (Lipinski definition) is 1. The van der Waals surface area contributed by atoms with Crippen LogP contribution in [-0.2, 0) is 0 Å². The summed E-state index contributed by atoms with van der Waals surface area (Å²) in [5.41, 5.74) is 3.42. The summed E-state index contributed by atoms with van der Waals surface area (Å²) in [7, 11) is 0. The molecule has 0 aliphatic carbocycles.